The second-order valence-corrected chi connectivity index (χ2v) is 7.25. The Hall–Kier alpha value is -3.09. The summed E-state index contributed by atoms with van der Waals surface area (Å²) in [6.07, 6.45) is 4.15. The van der Waals surface area contributed by atoms with E-state index in [1.165, 1.54) is 24.8 Å². The van der Waals surface area contributed by atoms with Gasteiger partial charge in [-0.15, -0.1) is 0 Å². The highest BCUT2D eigenvalue weighted by atomic mass is 16.6. The van der Waals surface area contributed by atoms with Crippen molar-refractivity contribution in [3.63, 3.8) is 0 Å². The number of rotatable bonds is 8. The zero-order chi connectivity index (χ0) is 20.9. The smallest absolute Gasteiger partial charge is 0.286 e. The van der Waals surface area contributed by atoms with Gasteiger partial charge in [0, 0.05) is 18.0 Å². The van der Waals surface area contributed by atoms with Crippen molar-refractivity contribution >= 4 is 11.6 Å². The van der Waals surface area contributed by atoms with Crippen LogP contribution in [0, 0.1) is 10.1 Å². The molecule has 0 bridgehead atoms. The van der Waals surface area contributed by atoms with Crippen LogP contribution in [0.15, 0.2) is 42.5 Å². The first-order chi connectivity index (χ1) is 14.0. The highest BCUT2D eigenvalue weighted by Crippen LogP contribution is 2.41. The minimum atomic E-state index is -0.570. The number of hydrogen-bond donors (Lipinski definition) is 1. The number of amides is 1. The molecule has 1 aliphatic carbocycles. The van der Waals surface area contributed by atoms with E-state index in [1.807, 2.05) is 18.2 Å². The van der Waals surface area contributed by atoms with Gasteiger partial charge in [-0.05, 0) is 25.3 Å². The van der Waals surface area contributed by atoms with Crippen LogP contribution in [0.5, 0.6) is 11.5 Å². The summed E-state index contributed by atoms with van der Waals surface area (Å²) in [5, 5.41) is 14.5. The van der Waals surface area contributed by atoms with E-state index in [4.69, 9.17) is 9.47 Å². The minimum absolute atomic E-state index is 0.0310. The van der Waals surface area contributed by atoms with Crippen molar-refractivity contribution in [1.29, 1.82) is 0 Å². The zero-order valence-corrected chi connectivity index (χ0v) is 16.8. The van der Waals surface area contributed by atoms with Gasteiger partial charge in [-0.1, -0.05) is 43.2 Å². The molecular formula is C22H26N2O5. The Labute approximate surface area is 170 Å². The Morgan fingerprint density at radius 1 is 1.17 bits per heavy atom. The molecule has 1 aliphatic rings. The summed E-state index contributed by atoms with van der Waals surface area (Å²) < 4.78 is 10.7. The van der Waals surface area contributed by atoms with Crippen LogP contribution in [-0.4, -0.2) is 31.1 Å². The topological polar surface area (TPSA) is 90.7 Å². The third-order valence-corrected chi connectivity index (χ3v) is 5.56. The second kappa shape index (κ2) is 8.94. The standard InChI is InChI=1S/C22H26N2O5/c1-3-29-20-14-18(24(26)27)17(13-19(20)28-2)21(25)23-15-22(11-7-8-12-22)16-9-5-4-6-10-16/h4-6,9-10,13-14H,3,7-8,11-12,15H2,1-2H3,(H,23,25). The van der Waals surface area contributed by atoms with Gasteiger partial charge in [0.25, 0.3) is 11.6 Å². The van der Waals surface area contributed by atoms with Crippen molar-refractivity contribution in [2.75, 3.05) is 20.3 Å². The van der Waals surface area contributed by atoms with Gasteiger partial charge in [-0.3, -0.25) is 14.9 Å². The second-order valence-electron chi connectivity index (χ2n) is 7.25. The number of carbonyl (C=O) groups excluding carboxylic acids is 1. The van der Waals surface area contributed by atoms with Gasteiger partial charge in [0.15, 0.2) is 11.5 Å². The summed E-state index contributed by atoms with van der Waals surface area (Å²) in [6, 6.07) is 12.8. The third-order valence-electron chi connectivity index (χ3n) is 5.56. The maximum atomic E-state index is 12.9. The maximum Gasteiger partial charge on any atom is 0.286 e. The fraction of sp³-hybridized carbons (Fsp3) is 0.409. The Kier molecular flexibility index (Phi) is 6.36. The SMILES string of the molecule is CCOc1cc([N+](=O)[O-])c(C(=O)NCC2(c3ccccc3)CCCC2)cc1OC. The van der Waals surface area contributed by atoms with E-state index < -0.39 is 10.8 Å². The summed E-state index contributed by atoms with van der Waals surface area (Å²) in [7, 11) is 1.44. The minimum Gasteiger partial charge on any atom is -0.493 e. The van der Waals surface area contributed by atoms with E-state index in [0.717, 1.165) is 25.7 Å². The number of methoxy groups -OCH3 is 1. The molecule has 7 nitrogen and oxygen atoms in total. The molecule has 2 aromatic rings. The number of hydrogen-bond acceptors (Lipinski definition) is 5. The molecule has 3 rings (SSSR count). The molecule has 0 saturated heterocycles. The summed E-state index contributed by atoms with van der Waals surface area (Å²) in [6.45, 7) is 2.54. The van der Waals surface area contributed by atoms with E-state index in [0.29, 0.717) is 18.9 Å². The predicted molar refractivity (Wildman–Crippen MR) is 110 cm³/mol. The van der Waals surface area contributed by atoms with E-state index >= 15 is 0 Å². The monoisotopic (exact) mass is 398 g/mol. The number of ether oxygens (including phenoxy) is 2. The number of benzene rings is 2. The van der Waals surface area contributed by atoms with Gasteiger partial charge < -0.3 is 14.8 Å². The van der Waals surface area contributed by atoms with Crippen LogP contribution in [0.4, 0.5) is 5.69 Å². The molecule has 1 saturated carbocycles. The lowest BCUT2D eigenvalue weighted by atomic mass is 9.79. The number of nitro groups is 1. The van der Waals surface area contributed by atoms with E-state index in [9.17, 15) is 14.9 Å². The van der Waals surface area contributed by atoms with Gasteiger partial charge in [-0.25, -0.2) is 0 Å². The summed E-state index contributed by atoms with van der Waals surface area (Å²) >= 11 is 0. The first-order valence-electron chi connectivity index (χ1n) is 9.83. The van der Waals surface area contributed by atoms with Crippen molar-refractivity contribution in [2.45, 2.75) is 38.0 Å². The molecule has 0 atom stereocenters. The Morgan fingerprint density at radius 3 is 2.45 bits per heavy atom. The van der Waals surface area contributed by atoms with Gasteiger partial charge >= 0.3 is 0 Å². The molecule has 2 aromatic carbocycles. The molecule has 29 heavy (non-hydrogen) atoms. The number of nitrogens with zero attached hydrogens (tertiary/aromatic N) is 1. The van der Waals surface area contributed by atoms with Gasteiger partial charge in [0.1, 0.15) is 5.56 Å². The van der Waals surface area contributed by atoms with Crippen molar-refractivity contribution in [3.8, 4) is 11.5 Å². The number of nitro benzene ring substituents is 1. The average molecular weight is 398 g/mol. The van der Waals surface area contributed by atoms with Crippen LogP contribution in [0.25, 0.3) is 0 Å². The maximum absolute atomic E-state index is 12.9. The highest BCUT2D eigenvalue weighted by Gasteiger charge is 2.36. The largest absolute Gasteiger partial charge is 0.493 e. The molecule has 1 N–H and O–H groups in total. The van der Waals surface area contributed by atoms with Crippen LogP contribution < -0.4 is 14.8 Å². The molecule has 0 heterocycles. The first kappa shape index (κ1) is 20.6. The first-order valence-corrected chi connectivity index (χ1v) is 9.83. The third kappa shape index (κ3) is 4.34. The fourth-order valence-electron chi connectivity index (χ4n) is 4.07. The Bertz CT molecular complexity index is 876. The van der Waals surface area contributed by atoms with Crippen molar-refractivity contribution < 1.29 is 19.2 Å². The molecule has 7 heteroatoms. The Morgan fingerprint density at radius 2 is 1.86 bits per heavy atom. The van der Waals surface area contributed by atoms with Crippen LogP contribution in [0.2, 0.25) is 0 Å². The van der Waals surface area contributed by atoms with E-state index in [2.05, 4.69) is 17.4 Å². The highest BCUT2D eigenvalue weighted by molar-refractivity contribution is 5.99. The number of carbonyl (C=O) groups is 1. The summed E-state index contributed by atoms with van der Waals surface area (Å²) in [5.74, 6) is 0.0521. The predicted octanol–water partition coefficient (Wildman–Crippen LogP) is 4.24. The van der Waals surface area contributed by atoms with Crippen LogP contribution >= 0.6 is 0 Å². The molecule has 0 aliphatic heterocycles. The van der Waals surface area contributed by atoms with Gasteiger partial charge in [0.2, 0.25) is 0 Å². The normalized spacial score (nSPS) is 15.0. The number of nitrogens with one attached hydrogen (secondary N) is 1. The van der Waals surface area contributed by atoms with Crippen molar-refractivity contribution in [1.82, 2.24) is 5.32 Å². The molecule has 0 spiro atoms. The van der Waals surface area contributed by atoms with E-state index in [1.54, 1.807) is 6.92 Å². The molecule has 154 valence electrons. The quantitative estimate of drug-likeness (QED) is 0.530. The van der Waals surface area contributed by atoms with Crippen molar-refractivity contribution in [3.05, 3.63) is 63.7 Å². The molecule has 0 aromatic heterocycles. The van der Waals surface area contributed by atoms with Crippen molar-refractivity contribution in [2.24, 2.45) is 0 Å². The lowest BCUT2D eigenvalue weighted by Crippen LogP contribution is -2.39. The van der Waals surface area contributed by atoms with E-state index in [-0.39, 0.29) is 22.4 Å². The van der Waals surface area contributed by atoms with Gasteiger partial charge in [-0.2, -0.15) is 0 Å². The fourth-order valence-corrected chi connectivity index (χ4v) is 4.07. The molecule has 0 unspecified atom stereocenters. The van der Waals surface area contributed by atoms with Crippen LogP contribution in [-0.2, 0) is 5.41 Å². The molecule has 0 radical (unpaired) electrons. The van der Waals surface area contributed by atoms with Crippen LogP contribution in [0.1, 0.15) is 48.5 Å². The average Bonchev–Trinajstić information content (AvgIpc) is 3.22. The lowest BCUT2D eigenvalue weighted by molar-refractivity contribution is -0.385. The Balaban J connectivity index is 1.87. The van der Waals surface area contributed by atoms with Crippen LogP contribution in [0.3, 0.4) is 0 Å². The summed E-state index contributed by atoms with van der Waals surface area (Å²) in [4.78, 5) is 23.9. The van der Waals surface area contributed by atoms with Gasteiger partial charge in [0.05, 0.1) is 24.7 Å². The molecule has 1 fully saturated rings. The molecular weight excluding hydrogens is 372 g/mol. The summed E-state index contributed by atoms with van der Waals surface area (Å²) in [5.41, 5.74) is 0.723. The zero-order valence-electron chi connectivity index (χ0n) is 16.8. The lowest BCUT2D eigenvalue weighted by Gasteiger charge is -2.30. The molecule has 1 amide bonds.